The van der Waals surface area contributed by atoms with Crippen LogP contribution < -0.4 is 11.2 Å². The first-order valence-electron chi connectivity index (χ1n) is 8.31. The predicted molar refractivity (Wildman–Crippen MR) is 106 cm³/mol. The van der Waals surface area contributed by atoms with Crippen molar-refractivity contribution in [1.29, 1.82) is 0 Å². The van der Waals surface area contributed by atoms with E-state index in [-0.39, 0.29) is 5.56 Å². The lowest BCUT2D eigenvalue weighted by Crippen LogP contribution is -2.37. The molecule has 6 nitrogen and oxygen atoms in total. The molecule has 0 aliphatic rings. The third-order valence-corrected chi connectivity index (χ3v) is 5.51. The third-order valence-electron chi connectivity index (χ3n) is 4.12. The first kappa shape index (κ1) is 18.7. The van der Waals surface area contributed by atoms with Gasteiger partial charge in [-0.1, -0.05) is 37.1 Å². The molecule has 1 aromatic carbocycles. The highest BCUT2D eigenvalue weighted by Gasteiger charge is 2.18. The Hall–Kier alpha value is -2.12. The molecule has 0 unspecified atom stereocenters. The van der Waals surface area contributed by atoms with Gasteiger partial charge in [0.2, 0.25) is 0 Å². The van der Waals surface area contributed by atoms with Gasteiger partial charge in [-0.3, -0.25) is 13.9 Å². The van der Waals surface area contributed by atoms with E-state index in [0.717, 1.165) is 23.2 Å². The van der Waals surface area contributed by atoms with Gasteiger partial charge in [0.05, 0.1) is 5.02 Å². The lowest BCUT2D eigenvalue weighted by molar-refractivity contribution is 0.703. The SMILES string of the molecule is CCCCSc1nc(-c2ccccc2Cl)nc2c1c(=O)n(C)c(=O)n2C. The molecule has 0 aliphatic carbocycles. The fraction of sp³-hybridized carbons (Fsp3) is 0.333. The Morgan fingerprint density at radius 3 is 2.54 bits per heavy atom. The third kappa shape index (κ3) is 3.29. The molecule has 0 atom stereocenters. The van der Waals surface area contributed by atoms with E-state index in [1.54, 1.807) is 13.1 Å². The van der Waals surface area contributed by atoms with E-state index in [1.165, 1.54) is 23.4 Å². The molecule has 0 saturated heterocycles. The monoisotopic (exact) mass is 390 g/mol. The van der Waals surface area contributed by atoms with E-state index in [9.17, 15) is 9.59 Å². The van der Waals surface area contributed by atoms with Crippen LogP contribution in [0, 0.1) is 0 Å². The summed E-state index contributed by atoms with van der Waals surface area (Å²) in [4.78, 5) is 34.1. The molecule has 0 saturated carbocycles. The van der Waals surface area contributed by atoms with Crippen molar-refractivity contribution in [2.24, 2.45) is 14.1 Å². The van der Waals surface area contributed by atoms with Gasteiger partial charge in [0.15, 0.2) is 11.5 Å². The van der Waals surface area contributed by atoms with Gasteiger partial charge in [-0.05, 0) is 24.3 Å². The zero-order chi connectivity index (χ0) is 18.8. The number of rotatable bonds is 5. The van der Waals surface area contributed by atoms with Crippen molar-refractivity contribution in [3.63, 3.8) is 0 Å². The highest BCUT2D eigenvalue weighted by molar-refractivity contribution is 7.99. The molecule has 8 heteroatoms. The summed E-state index contributed by atoms with van der Waals surface area (Å²) in [6.07, 6.45) is 2.05. The molecule has 0 N–H and O–H groups in total. The van der Waals surface area contributed by atoms with Crippen LogP contribution in [0.15, 0.2) is 38.9 Å². The lowest BCUT2D eigenvalue weighted by Gasteiger charge is -2.12. The largest absolute Gasteiger partial charge is 0.332 e. The van der Waals surface area contributed by atoms with Crippen molar-refractivity contribution in [2.45, 2.75) is 24.8 Å². The molecule has 0 bridgehead atoms. The van der Waals surface area contributed by atoms with Crippen LogP contribution in [0.25, 0.3) is 22.4 Å². The van der Waals surface area contributed by atoms with E-state index in [1.807, 2.05) is 18.2 Å². The number of benzene rings is 1. The number of aryl methyl sites for hydroxylation is 1. The summed E-state index contributed by atoms with van der Waals surface area (Å²) in [7, 11) is 3.07. The molecular weight excluding hydrogens is 372 g/mol. The van der Waals surface area contributed by atoms with Gasteiger partial charge in [-0.15, -0.1) is 11.8 Å². The second-order valence-electron chi connectivity index (χ2n) is 5.94. The number of thioether (sulfide) groups is 1. The van der Waals surface area contributed by atoms with Crippen molar-refractivity contribution >= 4 is 34.4 Å². The normalized spacial score (nSPS) is 11.2. The Balaban J connectivity index is 2.35. The second kappa shape index (κ2) is 7.63. The van der Waals surface area contributed by atoms with Crippen molar-refractivity contribution in [3.05, 3.63) is 50.1 Å². The van der Waals surface area contributed by atoms with Crippen molar-refractivity contribution in [2.75, 3.05) is 5.75 Å². The molecule has 0 amide bonds. The van der Waals surface area contributed by atoms with Crippen LogP contribution in [0.3, 0.4) is 0 Å². The van der Waals surface area contributed by atoms with E-state index in [4.69, 9.17) is 11.6 Å². The first-order chi connectivity index (χ1) is 12.5. The fourth-order valence-electron chi connectivity index (χ4n) is 2.61. The van der Waals surface area contributed by atoms with Crippen molar-refractivity contribution in [3.8, 4) is 11.4 Å². The minimum atomic E-state index is -0.421. The predicted octanol–water partition coefficient (Wildman–Crippen LogP) is 3.24. The smallest absolute Gasteiger partial charge is 0.280 e. The average molecular weight is 391 g/mol. The van der Waals surface area contributed by atoms with E-state index >= 15 is 0 Å². The lowest BCUT2D eigenvalue weighted by atomic mass is 10.2. The number of unbranched alkanes of at least 4 members (excludes halogenated alkanes) is 1. The number of hydrogen-bond donors (Lipinski definition) is 0. The molecule has 2 aromatic heterocycles. The summed E-state index contributed by atoms with van der Waals surface area (Å²) in [6, 6.07) is 7.26. The summed E-state index contributed by atoms with van der Waals surface area (Å²) in [5.74, 6) is 1.24. The molecule has 136 valence electrons. The van der Waals surface area contributed by atoms with Gasteiger partial charge < -0.3 is 0 Å². The zero-order valence-electron chi connectivity index (χ0n) is 14.8. The van der Waals surface area contributed by atoms with Crippen LogP contribution >= 0.6 is 23.4 Å². The number of fused-ring (bicyclic) bond motifs is 1. The maximum Gasteiger partial charge on any atom is 0.332 e. The van der Waals surface area contributed by atoms with Gasteiger partial charge in [0, 0.05) is 19.7 Å². The molecular formula is C18H19ClN4O2S. The highest BCUT2D eigenvalue weighted by Crippen LogP contribution is 2.29. The quantitative estimate of drug-likeness (QED) is 0.380. The maximum absolute atomic E-state index is 12.7. The summed E-state index contributed by atoms with van der Waals surface area (Å²) in [5.41, 5.74) is 0.187. The molecule has 3 aromatic rings. The van der Waals surface area contributed by atoms with Crippen molar-refractivity contribution in [1.82, 2.24) is 19.1 Å². The Kier molecular flexibility index (Phi) is 5.48. The molecule has 2 heterocycles. The Morgan fingerprint density at radius 1 is 1.12 bits per heavy atom. The van der Waals surface area contributed by atoms with E-state index < -0.39 is 5.69 Å². The molecule has 26 heavy (non-hydrogen) atoms. The minimum Gasteiger partial charge on any atom is -0.280 e. The van der Waals surface area contributed by atoms with E-state index in [0.29, 0.717) is 32.5 Å². The van der Waals surface area contributed by atoms with Crippen LogP contribution in [0.4, 0.5) is 0 Å². The molecule has 0 aliphatic heterocycles. The van der Waals surface area contributed by atoms with Gasteiger partial charge in [0.25, 0.3) is 5.56 Å². The van der Waals surface area contributed by atoms with Crippen LogP contribution in [-0.4, -0.2) is 24.9 Å². The molecule has 0 fully saturated rings. The summed E-state index contributed by atoms with van der Waals surface area (Å²) in [6.45, 7) is 2.11. The minimum absolute atomic E-state index is 0.321. The molecule has 0 radical (unpaired) electrons. The number of aromatic nitrogens is 4. The molecule has 0 spiro atoms. The van der Waals surface area contributed by atoms with Crippen LogP contribution in [0.5, 0.6) is 0 Å². The Labute approximate surface area is 159 Å². The van der Waals surface area contributed by atoms with Gasteiger partial charge >= 0.3 is 5.69 Å². The highest BCUT2D eigenvalue weighted by atomic mass is 35.5. The summed E-state index contributed by atoms with van der Waals surface area (Å²) in [5, 5.41) is 1.46. The standard InChI is InChI=1S/C18H19ClN4O2S/c1-4-5-10-26-16-13-15(22(2)18(25)23(3)17(13)24)20-14(21-16)11-8-6-7-9-12(11)19/h6-9H,4-5,10H2,1-3H3. The Morgan fingerprint density at radius 2 is 1.85 bits per heavy atom. The molecule has 3 rings (SSSR count). The second-order valence-corrected chi connectivity index (χ2v) is 7.43. The Bertz CT molecular complexity index is 1090. The topological polar surface area (TPSA) is 69.8 Å². The van der Waals surface area contributed by atoms with Crippen LogP contribution in [0.1, 0.15) is 19.8 Å². The number of nitrogens with zero attached hydrogens (tertiary/aromatic N) is 4. The van der Waals surface area contributed by atoms with Gasteiger partial charge in [0.1, 0.15) is 10.4 Å². The fourth-order valence-corrected chi connectivity index (χ4v) is 3.93. The van der Waals surface area contributed by atoms with Crippen LogP contribution in [-0.2, 0) is 14.1 Å². The maximum atomic E-state index is 12.7. The average Bonchev–Trinajstić information content (AvgIpc) is 2.64. The first-order valence-corrected chi connectivity index (χ1v) is 9.67. The van der Waals surface area contributed by atoms with E-state index in [2.05, 4.69) is 16.9 Å². The zero-order valence-corrected chi connectivity index (χ0v) is 16.4. The number of hydrogen-bond acceptors (Lipinski definition) is 5. The van der Waals surface area contributed by atoms with Crippen molar-refractivity contribution < 1.29 is 0 Å². The number of halogens is 1. The van der Waals surface area contributed by atoms with Gasteiger partial charge in [-0.2, -0.15) is 0 Å². The summed E-state index contributed by atoms with van der Waals surface area (Å²) < 4.78 is 2.47. The van der Waals surface area contributed by atoms with Crippen LogP contribution in [0.2, 0.25) is 5.02 Å². The summed E-state index contributed by atoms with van der Waals surface area (Å²) >= 11 is 7.80. The van der Waals surface area contributed by atoms with Gasteiger partial charge in [-0.25, -0.2) is 14.8 Å².